The van der Waals surface area contributed by atoms with E-state index in [1.807, 2.05) is 36.1 Å². The number of hydrogen-bond acceptors (Lipinski definition) is 3. The molecule has 0 bridgehead atoms. The molecule has 0 aliphatic rings. The van der Waals surface area contributed by atoms with Crippen molar-refractivity contribution in [3.63, 3.8) is 0 Å². The summed E-state index contributed by atoms with van der Waals surface area (Å²) in [5.74, 6) is 8.68. The Hall–Kier alpha value is -2.75. The van der Waals surface area contributed by atoms with Crippen LogP contribution in [0.1, 0.15) is 31.4 Å². The van der Waals surface area contributed by atoms with Crippen LogP contribution in [0, 0.1) is 24.2 Å². The summed E-state index contributed by atoms with van der Waals surface area (Å²) < 4.78 is 5.12. The molecule has 3 nitrogen and oxygen atoms in total. The van der Waals surface area contributed by atoms with Crippen LogP contribution in [0.2, 0.25) is 0 Å². The maximum atomic E-state index is 12.1. The number of esters is 1. The maximum absolute atomic E-state index is 12.1. The largest absolute Gasteiger partial charge is 0.466 e. The summed E-state index contributed by atoms with van der Waals surface area (Å²) in [5.41, 5.74) is 0.949. The van der Waals surface area contributed by atoms with Crippen molar-refractivity contribution >= 4 is 5.97 Å². The topological polar surface area (TPSA) is 29.5 Å². The van der Waals surface area contributed by atoms with Crippen LogP contribution < -0.4 is 0 Å². The van der Waals surface area contributed by atoms with Crippen molar-refractivity contribution in [2.45, 2.75) is 25.8 Å². The van der Waals surface area contributed by atoms with Crippen LogP contribution in [0.15, 0.2) is 49.6 Å². The van der Waals surface area contributed by atoms with Crippen LogP contribution in [0.5, 0.6) is 0 Å². The van der Waals surface area contributed by atoms with Gasteiger partial charge >= 0.3 is 5.97 Å². The Labute approximate surface area is 151 Å². The Morgan fingerprint density at radius 1 is 1.24 bits per heavy atom. The van der Waals surface area contributed by atoms with E-state index in [0.29, 0.717) is 19.7 Å². The fraction of sp³-hybridized carbons (Fsp3) is 0.318. The van der Waals surface area contributed by atoms with Crippen molar-refractivity contribution in [2.75, 3.05) is 19.7 Å². The van der Waals surface area contributed by atoms with Crippen LogP contribution in [0.4, 0.5) is 0 Å². The van der Waals surface area contributed by atoms with E-state index in [1.54, 1.807) is 19.1 Å². The van der Waals surface area contributed by atoms with E-state index in [-0.39, 0.29) is 12.4 Å². The molecular weight excluding hydrogens is 310 g/mol. The first-order chi connectivity index (χ1) is 12.0. The van der Waals surface area contributed by atoms with Gasteiger partial charge in [0.05, 0.1) is 18.6 Å². The standard InChI is InChI=1S/C22H25NO2/c1-6-16-23(17-7-2)22(5,18-21(24)25-9-4)15-14-20-12-10-19(8-3)11-13-20/h3,6-7,10-13H,1-2,9,16-18H2,4-5H3. The number of terminal acetylenes is 1. The van der Waals surface area contributed by atoms with Gasteiger partial charge in [-0.05, 0) is 38.1 Å². The number of ether oxygens (including phenoxy) is 1. The Morgan fingerprint density at radius 3 is 2.28 bits per heavy atom. The molecule has 1 unspecified atom stereocenters. The lowest BCUT2D eigenvalue weighted by Gasteiger charge is -2.35. The Bertz CT molecular complexity index is 690. The van der Waals surface area contributed by atoms with Crippen molar-refractivity contribution in [3.05, 3.63) is 60.7 Å². The third kappa shape index (κ3) is 6.34. The third-order valence-corrected chi connectivity index (χ3v) is 3.72. The zero-order valence-electron chi connectivity index (χ0n) is 15.0. The minimum atomic E-state index is -0.695. The summed E-state index contributed by atoms with van der Waals surface area (Å²) in [6.07, 6.45) is 9.11. The second-order valence-corrected chi connectivity index (χ2v) is 5.71. The summed E-state index contributed by atoms with van der Waals surface area (Å²) in [4.78, 5) is 14.1. The Kier molecular flexibility index (Phi) is 8.27. The number of hydrogen-bond donors (Lipinski definition) is 0. The van der Waals surface area contributed by atoms with Gasteiger partial charge in [0, 0.05) is 24.2 Å². The molecule has 0 aliphatic carbocycles. The van der Waals surface area contributed by atoms with Crippen LogP contribution in [-0.4, -0.2) is 36.1 Å². The average Bonchev–Trinajstić information content (AvgIpc) is 2.60. The van der Waals surface area contributed by atoms with E-state index in [9.17, 15) is 4.79 Å². The van der Waals surface area contributed by atoms with Gasteiger partial charge in [0.25, 0.3) is 0 Å². The molecule has 0 amide bonds. The summed E-state index contributed by atoms with van der Waals surface area (Å²) in [6, 6.07) is 7.44. The molecule has 1 rings (SSSR count). The highest BCUT2D eigenvalue weighted by atomic mass is 16.5. The zero-order valence-corrected chi connectivity index (χ0v) is 15.0. The fourth-order valence-corrected chi connectivity index (χ4v) is 2.37. The van der Waals surface area contributed by atoms with E-state index >= 15 is 0 Å². The Morgan fingerprint density at radius 2 is 1.80 bits per heavy atom. The molecule has 0 fully saturated rings. The smallest absolute Gasteiger partial charge is 0.308 e. The molecule has 0 aromatic heterocycles. The molecule has 0 aliphatic heterocycles. The molecule has 1 aromatic rings. The van der Waals surface area contributed by atoms with Crippen molar-refractivity contribution in [1.82, 2.24) is 4.90 Å². The van der Waals surface area contributed by atoms with Crippen molar-refractivity contribution < 1.29 is 9.53 Å². The lowest BCUT2D eigenvalue weighted by atomic mass is 9.95. The molecule has 0 saturated carbocycles. The molecule has 0 saturated heterocycles. The summed E-state index contributed by atoms with van der Waals surface area (Å²) >= 11 is 0. The van der Waals surface area contributed by atoms with Crippen molar-refractivity contribution in [2.24, 2.45) is 0 Å². The van der Waals surface area contributed by atoms with Gasteiger partial charge in [0.2, 0.25) is 0 Å². The van der Waals surface area contributed by atoms with Gasteiger partial charge in [-0.3, -0.25) is 9.69 Å². The second kappa shape index (κ2) is 10.2. The molecule has 25 heavy (non-hydrogen) atoms. The van der Waals surface area contributed by atoms with E-state index in [1.165, 1.54) is 0 Å². The van der Waals surface area contributed by atoms with Gasteiger partial charge < -0.3 is 4.74 Å². The molecule has 0 heterocycles. The first kappa shape index (κ1) is 20.3. The highest BCUT2D eigenvalue weighted by Crippen LogP contribution is 2.20. The maximum Gasteiger partial charge on any atom is 0.308 e. The number of carbonyl (C=O) groups is 1. The third-order valence-electron chi connectivity index (χ3n) is 3.72. The molecule has 1 aromatic carbocycles. The highest BCUT2D eigenvalue weighted by molar-refractivity contribution is 5.72. The quantitative estimate of drug-likeness (QED) is 0.414. The molecule has 0 N–H and O–H groups in total. The van der Waals surface area contributed by atoms with Gasteiger partial charge in [-0.1, -0.05) is 29.9 Å². The molecule has 0 spiro atoms. The number of benzene rings is 1. The monoisotopic (exact) mass is 335 g/mol. The summed E-state index contributed by atoms with van der Waals surface area (Å²) in [7, 11) is 0. The zero-order chi connectivity index (χ0) is 18.7. The molecule has 130 valence electrons. The SMILES string of the molecule is C#Cc1ccc(C#CC(C)(CC(=O)OCC)N(CC=C)CC=C)cc1. The van der Waals surface area contributed by atoms with E-state index in [2.05, 4.69) is 30.9 Å². The number of carbonyl (C=O) groups excluding carboxylic acids is 1. The molecule has 1 atom stereocenters. The Balaban J connectivity index is 3.17. The van der Waals surface area contributed by atoms with Gasteiger partial charge in [0.1, 0.15) is 0 Å². The highest BCUT2D eigenvalue weighted by Gasteiger charge is 2.32. The van der Waals surface area contributed by atoms with Gasteiger partial charge in [0.15, 0.2) is 0 Å². The normalized spacial score (nSPS) is 12.2. The first-order valence-corrected chi connectivity index (χ1v) is 8.21. The number of nitrogens with zero attached hydrogens (tertiary/aromatic N) is 1. The number of rotatable bonds is 8. The van der Waals surface area contributed by atoms with Crippen LogP contribution in [0.3, 0.4) is 0 Å². The van der Waals surface area contributed by atoms with E-state index < -0.39 is 5.54 Å². The van der Waals surface area contributed by atoms with Crippen molar-refractivity contribution in [1.29, 1.82) is 0 Å². The lowest BCUT2D eigenvalue weighted by Crippen LogP contribution is -2.47. The van der Waals surface area contributed by atoms with E-state index in [0.717, 1.165) is 11.1 Å². The van der Waals surface area contributed by atoms with Gasteiger partial charge in [-0.25, -0.2) is 0 Å². The predicted molar refractivity (Wildman–Crippen MR) is 103 cm³/mol. The van der Waals surface area contributed by atoms with Crippen molar-refractivity contribution in [3.8, 4) is 24.2 Å². The summed E-state index contributed by atoms with van der Waals surface area (Å²) in [6.45, 7) is 12.8. The average molecular weight is 335 g/mol. The van der Waals surface area contributed by atoms with Gasteiger partial charge in [-0.2, -0.15) is 0 Å². The molecule has 3 heteroatoms. The van der Waals surface area contributed by atoms with Crippen LogP contribution in [-0.2, 0) is 9.53 Å². The molecule has 0 radical (unpaired) electrons. The van der Waals surface area contributed by atoms with Crippen LogP contribution in [0.25, 0.3) is 0 Å². The minimum absolute atomic E-state index is 0.165. The van der Waals surface area contributed by atoms with E-state index in [4.69, 9.17) is 11.2 Å². The minimum Gasteiger partial charge on any atom is -0.466 e. The van der Waals surface area contributed by atoms with Gasteiger partial charge in [-0.15, -0.1) is 19.6 Å². The molecular formula is C22H25NO2. The summed E-state index contributed by atoms with van der Waals surface area (Å²) in [5, 5.41) is 0. The second-order valence-electron chi connectivity index (χ2n) is 5.71. The first-order valence-electron chi connectivity index (χ1n) is 8.21. The fourth-order valence-electron chi connectivity index (χ4n) is 2.37. The lowest BCUT2D eigenvalue weighted by molar-refractivity contribution is -0.145. The van der Waals surface area contributed by atoms with Crippen LogP contribution >= 0.6 is 0 Å². The predicted octanol–water partition coefficient (Wildman–Crippen LogP) is 3.41.